The van der Waals surface area contributed by atoms with Crippen LogP contribution in [0.1, 0.15) is 30.3 Å². The molecule has 3 rings (SSSR count). The van der Waals surface area contributed by atoms with Crippen LogP contribution in [0.5, 0.6) is 0 Å². The fourth-order valence-electron chi connectivity index (χ4n) is 2.78. The zero-order valence-corrected chi connectivity index (χ0v) is 13.4. The van der Waals surface area contributed by atoms with E-state index in [1.807, 2.05) is 0 Å². The van der Waals surface area contributed by atoms with Crippen LogP contribution in [0.3, 0.4) is 0 Å². The van der Waals surface area contributed by atoms with Crippen LogP contribution in [0.25, 0.3) is 11.4 Å². The van der Waals surface area contributed by atoms with Crippen molar-refractivity contribution in [2.75, 3.05) is 12.8 Å². The molecule has 130 valence electrons. The molecule has 0 bridgehead atoms. The molecular formula is C14H14F3N3O3S. The van der Waals surface area contributed by atoms with Gasteiger partial charge in [0, 0.05) is 18.2 Å². The highest BCUT2D eigenvalue weighted by molar-refractivity contribution is 7.88. The van der Waals surface area contributed by atoms with Crippen LogP contribution in [-0.2, 0) is 16.2 Å². The number of nitrogens with zero attached hydrogens (tertiary/aromatic N) is 3. The molecule has 0 amide bonds. The summed E-state index contributed by atoms with van der Waals surface area (Å²) in [6, 6.07) is 6.20. The van der Waals surface area contributed by atoms with Gasteiger partial charge in [-0.05, 0) is 18.4 Å². The van der Waals surface area contributed by atoms with Crippen LogP contribution >= 0.6 is 0 Å². The van der Waals surface area contributed by atoms with Crippen LogP contribution < -0.4 is 0 Å². The minimum atomic E-state index is -4.69. The van der Waals surface area contributed by atoms with Gasteiger partial charge in [-0.3, -0.25) is 0 Å². The maximum absolute atomic E-state index is 12.5. The molecule has 1 aromatic carbocycles. The van der Waals surface area contributed by atoms with Gasteiger partial charge in [0.2, 0.25) is 15.8 Å². The van der Waals surface area contributed by atoms with E-state index >= 15 is 0 Å². The minimum Gasteiger partial charge on any atom is -0.329 e. The smallest absolute Gasteiger partial charge is 0.329 e. The summed E-state index contributed by atoms with van der Waals surface area (Å²) in [5.41, 5.74) is 1.14. The van der Waals surface area contributed by atoms with Gasteiger partial charge in [-0.15, -0.1) is 0 Å². The van der Waals surface area contributed by atoms with Gasteiger partial charge >= 0.3 is 12.1 Å². The second-order valence-electron chi connectivity index (χ2n) is 5.57. The van der Waals surface area contributed by atoms with Crippen LogP contribution in [-0.4, -0.2) is 35.7 Å². The molecule has 10 heteroatoms. The zero-order chi connectivity index (χ0) is 17.5. The van der Waals surface area contributed by atoms with Gasteiger partial charge in [0.05, 0.1) is 6.26 Å². The number of alkyl halides is 3. The molecule has 1 atom stereocenters. The van der Waals surface area contributed by atoms with Crippen molar-refractivity contribution in [3.63, 3.8) is 0 Å². The molecule has 2 aromatic rings. The van der Waals surface area contributed by atoms with Crippen LogP contribution in [0, 0.1) is 0 Å². The lowest BCUT2D eigenvalue weighted by Crippen LogP contribution is -2.29. The van der Waals surface area contributed by atoms with Gasteiger partial charge in [0.15, 0.2) is 0 Å². The Morgan fingerprint density at radius 1 is 1.25 bits per heavy atom. The fourth-order valence-corrected chi connectivity index (χ4v) is 3.93. The van der Waals surface area contributed by atoms with Crippen LogP contribution in [0.4, 0.5) is 13.2 Å². The Labute approximate surface area is 136 Å². The Hall–Kier alpha value is -1.94. The van der Waals surface area contributed by atoms with Crippen molar-refractivity contribution in [1.29, 1.82) is 0 Å². The van der Waals surface area contributed by atoms with E-state index in [4.69, 9.17) is 0 Å². The average molecular weight is 361 g/mol. The van der Waals surface area contributed by atoms with Gasteiger partial charge in [-0.25, -0.2) is 8.42 Å². The molecule has 1 aliphatic heterocycles. The SMILES string of the molecule is CS(=O)(=O)N1CCCC1c1ccc(-c2noc(C(F)(F)F)n2)cc1. The van der Waals surface area contributed by atoms with Gasteiger partial charge in [0.25, 0.3) is 0 Å². The predicted molar refractivity (Wildman–Crippen MR) is 78.3 cm³/mol. The van der Waals surface area contributed by atoms with Crippen molar-refractivity contribution < 1.29 is 26.1 Å². The highest BCUT2D eigenvalue weighted by Crippen LogP contribution is 2.35. The zero-order valence-electron chi connectivity index (χ0n) is 12.6. The second kappa shape index (κ2) is 5.85. The minimum absolute atomic E-state index is 0.166. The molecular weight excluding hydrogens is 347 g/mol. The summed E-state index contributed by atoms with van der Waals surface area (Å²) in [6.45, 7) is 0.463. The Kier molecular flexibility index (Phi) is 4.12. The number of hydrogen-bond acceptors (Lipinski definition) is 5. The molecule has 0 radical (unpaired) electrons. The first kappa shape index (κ1) is 16.9. The van der Waals surface area contributed by atoms with Gasteiger partial charge in [-0.1, -0.05) is 29.4 Å². The normalized spacial score (nSPS) is 19.8. The molecule has 1 unspecified atom stereocenters. The predicted octanol–water partition coefficient (Wildman–Crippen LogP) is 2.85. The van der Waals surface area contributed by atoms with E-state index in [2.05, 4.69) is 14.7 Å². The Morgan fingerprint density at radius 2 is 1.92 bits per heavy atom. The first-order valence-corrected chi connectivity index (χ1v) is 8.99. The van der Waals surface area contributed by atoms with E-state index in [0.29, 0.717) is 18.5 Å². The lowest BCUT2D eigenvalue weighted by Gasteiger charge is -2.22. The molecule has 0 N–H and O–H groups in total. The van der Waals surface area contributed by atoms with Gasteiger partial charge < -0.3 is 4.52 Å². The van der Waals surface area contributed by atoms with Crippen molar-refractivity contribution in [3.05, 3.63) is 35.7 Å². The summed E-state index contributed by atoms with van der Waals surface area (Å²) >= 11 is 0. The standard InChI is InChI=1S/C14H14F3N3O3S/c1-24(21,22)20-8-2-3-11(20)9-4-6-10(7-5-9)12-18-13(23-19-12)14(15,16)17/h4-7,11H,2-3,8H2,1H3. The third kappa shape index (κ3) is 3.29. The third-order valence-corrected chi connectivity index (χ3v) is 5.14. The fraction of sp³-hybridized carbons (Fsp3) is 0.429. The van der Waals surface area contributed by atoms with E-state index in [0.717, 1.165) is 18.2 Å². The van der Waals surface area contributed by atoms with E-state index in [9.17, 15) is 21.6 Å². The average Bonchev–Trinajstić information content (AvgIpc) is 3.16. The maximum Gasteiger partial charge on any atom is 0.471 e. The van der Waals surface area contributed by atoms with E-state index < -0.39 is 22.1 Å². The van der Waals surface area contributed by atoms with E-state index in [1.165, 1.54) is 4.31 Å². The summed E-state index contributed by atoms with van der Waals surface area (Å²) in [5.74, 6) is -1.57. The van der Waals surface area contributed by atoms with Crippen molar-refractivity contribution in [1.82, 2.24) is 14.4 Å². The lowest BCUT2D eigenvalue weighted by molar-refractivity contribution is -0.159. The molecule has 2 heterocycles. The van der Waals surface area contributed by atoms with Crippen molar-refractivity contribution in [3.8, 4) is 11.4 Å². The molecule has 1 aliphatic rings. The number of hydrogen-bond donors (Lipinski definition) is 0. The molecule has 1 saturated heterocycles. The van der Waals surface area contributed by atoms with Crippen molar-refractivity contribution in [2.45, 2.75) is 25.1 Å². The van der Waals surface area contributed by atoms with Crippen LogP contribution in [0.2, 0.25) is 0 Å². The third-order valence-electron chi connectivity index (χ3n) is 3.85. The Balaban J connectivity index is 1.85. The highest BCUT2D eigenvalue weighted by Gasteiger charge is 2.38. The largest absolute Gasteiger partial charge is 0.471 e. The molecule has 24 heavy (non-hydrogen) atoms. The quantitative estimate of drug-likeness (QED) is 0.840. The first-order valence-electron chi connectivity index (χ1n) is 7.14. The summed E-state index contributed by atoms with van der Waals surface area (Å²) in [6.07, 6.45) is -2.06. The number of benzene rings is 1. The molecule has 1 aromatic heterocycles. The summed E-state index contributed by atoms with van der Waals surface area (Å²) in [4.78, 5) is 3.32. The number of sulfonamides is 1. The van der Waals surface area contributed by atoms with Crippen LogP contribution in [0.15, 0.2) is 28.8 Å². The first-order chi connectivity index (χ1) is 11.2. The van der Waals surface area contributed by atoms with E-state index in [-0.39, 0.29) is 11.9 Å². The molecule has 1 fully saturated rings. The molecule has 6 nitrogen and oxygen atoms in total. The van der Waals surface area contributed by atoms with E-state index in [1.54, 1.807) is 24.3 Å². The summed E-state index contributed by atoms with van der Waals surface area (Å²) < 4.78 is 66.7. The lowest BCUT2D eigenvalue weighted by atomic mass is 10.0. The Morgan fingerprint density at radius 3 is 2.46 bits per heavy atom. The molecule has 0 aliphatic carbocycles. The number of rotatable bonds is 3. The highest BCUT2D eigenvalue weighted by atomic mass is 32.2. The topological polar surface area (TPSA) is 76.3 Å². The number of aromatic nitrogens is 2. The Bertz CT molecular complexity index is 831. The summed E-state index contributed by atoms with van der Waals surface area (Å²) in [7, 11) is -3.31. The van der Waals surface area contributed by atoms with Gasteiger partial charge in [0.1, 0.15) is 0 Å². The second-order valence-corrected chi connectivity index (χ2v) is 7.51. The molecule has 0 saturated carbocycles. The summed E-state index contributed by atoms with van der Waals surface area (Å²) in [5, 5.41) is 3.32. The number of halogens is 3. The van der Waals surface area contributed by atoms with Gasteiger partial charge in [-0.2, -0.15) is 22.5 Å². The van der Waals surface area contributed by atoms with Crippen molar-refractivity contribution in [2.24, 2.45) is 0 Å². The maximum atomic E-state index is 12.5. The molecule has 0 spiro atoms. The van der Waals surface area contributed by atoms with Crippen molar-refractivity contribution >= 4 is 10.0 Å². The monoisotopic (exact) mass is 361 g/mol.